The molecule has 6 heteroatoms. The number of hydrogen-bond acceptors (Lipinski definition) is 6. The average Bonchev–Trinajstić information content (AvgIpc) is 3.00. The molecule has 3 aromatic rings. The van der Waals surface area contributed by atoms with Gasteiger partial charge in [-0.1, -0.05) is 32.8 Å². The Morgan fingerprint density at radius 2 is 1.68 bits per heavy atom. The van der Waals surface area contributed by atoms with Crippen LogP contribution < -0.4 is 14.5 Å². The smallest absolute Gasteiger partial charge is 0.213 e. The molecule has 2 fully saturated rings. The van der Waals surface area contributed by atoms with Crippen LogP contribution in [0.1, 0.15) is 57.4 Å². The fraction of sp³-hybridized carbons (Fsp3) is 0.469. The zero-order valence-corrected chi connectivity index (χ0v) is 23.0. The monoisotopic (exact) mass is 511 g/mol. The van der Waals surface area contributed by atoms with Crippen LogP contribution >= 0.6 is 0 Å². The number of pyridine rings is 3. The molecule has 1 aliphatic heterocycles. The molecule has 200 valence electrons. The van der Waals surface area contributed by atoms with E-state index in [4.69, 9.17) is 4.74 Å². The van der Waals surface area contributed by atoms with E-state index in [2.05, 4.69) is 56.5 Å². The number of ether oxygens (including phenoxy) is 1. The van der Waals surface area contributed by atoms with Crippen LogP contribution in [0, 0.1) is 11.8 Å². The summed E-state index contributed by atoms with van der Waals surface area (Å²) in [4.78, 5) is 18.5. The van der Waals surface area contributed by atoms with E-state index >= 15 is 0 Å². The van der Waals surface area contributed by atoms with Gasteiger partial charge in [-0.3, -0.25) is 9.97 Å². The van der Waals surface area contributed by atoms with Crippen LogP contribution in [0.5, 0.6) is 5.88 Å². The molecule has 2 aliphatic rings. The summed E-state index contributed by atoms with van der Waals surface area (Å²) in [6.07, 6.45) is 19.5. The number of piperidine rings is 1. The van der Waals surface area contributed by atoms with Gasteiger partial charge in [0.1, 0.15) is 0 Å². The van der Waals surface area contributed by atoms with Crippen LogP contribution in [0.4, 0.5) is 11.4 Å². The highest BCUT2D eigenvalue weighted by Crippen LogP contribution is 2.36. The predicted molar refractivity (Wildman–Crippen MR) is 156 cm³/mol. The Morgan fingerprint density at radius 1 is 0.947 bits per heavy atom. The first-order valence-corrected chi connectivity index (χ1v) is 14.2. The van der Waals surface area contributed by atoms with Gasteiger partial charge in [-0.05, 0) is 67.7 Å². The Bertz CT molecular complexity index is 1200. The summed E-state index contributed by atoms with van der Waals surface area (Å²) in [5.41, 5.74) is 7.09. The molecular weight excluding hydrogens is 470 g/mol. The maximum Gasteiger partial charge on any atom is 0.213 e. The van der Waals surface area contributed by atoms with Gasteiger partial charge in [-0.25, -0.2) is 4.98 Å². The van der Waals surface area contributed by atoms with Crippen molar-refractivity contribution in [3.05, 3.63) is 73.1 Å². The molecule has 3 aromatic heterocycles. The first kappa shape index (κ1) is 26.2. The molecule has 1 aliphatic carbocycles. The Hall–Kier alpha value is -3.41. The third kappa shape index (κ3) is 6.17. The number of allylic oxidation sites excluding steroid dienone is 1. The van der Waals surface area contributed by atoms with E-state index in [9.17, 15) is 0 Å². The van der Waals surface area contributed by atoms with Gasteiger partial charge >= 0.3 is 0 Å². The van der Waals surface area contributed by atoms with Crippen molar-refractivity contribution in [2.75, 3.05) is 36.5 Å². The lowest BCUT2D eigenvalue weighted by molar-refractivity contribution is 0.375. The molecule has 0 radical (unpaired) electrons. The fourth-order valence-electron chi connectivity index (χ4n) is 5.93. The Balaban J connectivity index is 1.34. The molecular formula is C32H41N5O. The van der Waals surface area contributed by atoms with Crippen molar-refractivity contribution in [3.63, 3.8) is 0 Å². The van der Waals surface area contributed by atoms with Gasteiger partial charge in [-0.15, -0.1) is 0 Å². The summed E-state index contributed by atoms with van der Waals surface area (Å²) in [6, 6.07) is 8.58. The zero-order valence-electron chi connectivity index (χ0n) is 23.0. The summed E-state index contributed by atoms with van der Waals surface area (Å²) in [6.45, 7) is 9.92. The van der Waals surface area contributed by atoms with Gasteiger partial charge in [-0.2, -0.15) is 0 Å². The maximum absolute atomic E-state index is 5.23. The van der Waals surface area contributed by atoms with Gasteiger partial charge < -0.3 is 14.5 Å². The van der Waals surface area contributed by atoms with Crippen LogP contribution in [0.3, 0.4) is 0 Å². The maximum atomic E-state index is 5.23. The van der Waals surface area contributed by atoms with Gasteiger partial charge in [0.15, 0.2) is 0 Å². The quantitative estimate of drug-likeness (QED) is 0.311. The third-order valence-electron chi connectivity index (χ3n) is 8.35. The number of methoxy groups -OCH3 is 1. The minimum Gasteiger partial charge on any atom is -0.481 e. The van der Waals surface area contributed by atoms with E-state index in [1.54, 1.807) is 7.11 Å². The van der Waals surface area contributed by atoms with Crippen LogP contribution in [0.15, 0.2) is 67.5 Å². The molecule has 0 spiro atoms. The number of rotatable bonds is 9. The topological polar surface area (TPSA) is 54.4 Å². The predicted octanol–water partition coefficient (Wildman–Crippen LogP) is 6.93. The molecule has 1 saturated carbocycles. The second kappa shape index (κ2) is 12.4. The first-order valence-electron chi connectivity index (χ1n) is 14.2. The lowest BCUT2D eigenvalue weighted by atomic mass is 9.86. The van der Waals surface area contributed by atoms with Crippen molar-refractivity contribution in [2.45, 2.75) is 58.3 Å². The normalized spacial score (nSPS) is 16.8. The molecule has 6 nitrogen and oxygen atoms in total. The Morgan fingerprint density at radius 3 is 2.37 bits per heavy atom. The number of aromatic nitrogens is 3. The highest BCUT2D eigenvalue weighted by molar-refractivity contribution is 5.68. The molecule has 0 N–H and O–H groups in total. The summed E-state index contributed by atoms with van der Waals surface area (Å²) < 4.78 is 5.23. The van der Waals surface area contributed by atoms with Crippen molar-refractivity contribution in [3.8, 4) is 17.0 Å². The second-order valence-electron chi connectivity index (χ2n) is 10.8. The lowest BCUT2D eigenvalue weighted by Crippen LogP contribution is -2.39. The largest absolute Gasteiger partial charge is 0.481 e. The van der Waals surface area contributed by atoms with Gasteiger partial charge in [0, 0.05) is 61.1 Å². The minimum absolute atomic E-state index is 0.558. The molecule has 0 amide bonds. The fourth-order valence-corrected chi connectivity index (χ4v) is 5.93. The number of aryl methyl sites for hydroxylation is 1. The molecule has 1 saturated heterocycles. The minimum atomic E-state index is 0.558. The molecule has 38 heavy (non-hydrogen) atoms. The molecule has 0 unspecified atom stereocenters. The number of hydrogen-bond donors (Lipinski definition) is 0. The van der Waals surface area contributed by atoms with E-state index in [1.165, 1.54) is 49.1 Å². The summed E-state index contributed by atoms with van der Waals surface area (Å²) in [5, 5.41) is 0. The summed E-state index contributed by atoms with van der Waals surface area (Å²) in [5.74, 6) is 1.82. The first-order chi connectivity index (χ1) is 18.6. The van der Waals surface area contributed by atoms with E-state index in [0.717, 1.165) is 55.7 Å². The SMILES string of the molecule is C=C(C1CCCCC1)N(CC1CCN(c2ccc(OC)nc2)CC1)c1cncc(-c2cncc(CC)c2)c1. The highest BCUT2D eigenvalue weighted by Gasteiger charge is 2.27. The molecule has 0 aromatic carbocycles. The van der Waals surface area contributed by atoms with Crippen LogP contribution in [0.25, 0.3) is 11.1 Å². The van der Waals surface area contributed by atoms with Crippen LogP contribution in [-0.2, 0) is 6.42 Å². The van der Waals surface area contributed by atoms with Crippen LogP contribution in [-0.4, -0.2) is 41.7 Å². The van der Waals surface area contributed by atoms with Gasteiger partial charge in [0.25, 0.3) is 0 Å². The van der Waals surface area contributed by atoms with Gasteiger partial charge in [0.05, 0.1) is 30.9 Å². The van der Waals surface area contributed by atoms with Crippen molar-refractivity contribution >= 4 is 11.4 Å². The van der Waals surface area contributed by atoms with E-state index in [1.807, 2.05) is 37.1 Å². The Labute approximate surface area is 227 Å². The number of anilines is 2. The van der Waals surface area contributed by atoms with Crippen molar-refractivity contribution in [1.29, 1.82) is 0 Å². The molecule has 0 bridgehead atoms. The zero-order chi connectivity index (χ0) is 26.3. The summed E-state index contributed by atoms with van der Waals surface area (Å²) >= 11 is 0. The van der Waals surface area contributed by atoms with E-state index < -0.39 is 0 Å². The second-order valence-corrected chi connectivity index (χ2v) is 10.8. The molecule has 0 atom stereocenters. The van der Waals surface area contributed by atoms with Crippen LogP contribution in [0.2, 0.25) is 0 Å². The summed E-state index contributed by atoms with van der Waals surface area (Å²) in [7, 11) is 1.66. The average molecular weight is 512 g/mol. The Kier molecular flexibility index (Phi) is 8.57. The van der Waals surface area contributed by atoms with E-state index in [-0.39, 0.29) is 0 Å². The van der Waals surface area contributed by atoms with Crippen molar-refractivity contribution < 1.29 is 4.74 Å². The van der Waals surface area contributed by atoms with Crippen molar-refractivity contribution in [2.24, 2.45) is 11.8 Å². The molecule has 4 heterocycles. The lowest BCUT2D eigenvalue weighted by Gasteiger charge is -2.39. The van der Waals surface area contributed by atoms with Gasteiger partial charge in [0.2, 0.25) is 5.88 Å². The molecule has 5 rings (SSSR count). The van der Waals surface area contributed by atoms with Crippen molar-refractivity contribution in [1.82, 2.24) is 15.0 Å². The highest BCUT2D eigenvalue weighted by atomic mass is 16.5. The van der Waals surface area contributed by atoms with E-state index in [0.29, 0.717) is 17.7 Å². The third-order valence-corrected chi connectivity index (χ3v) is 8.35. The number of nitrogens with zero attached hydrogens (tertiary/aromatic N) is 5. The standard InChI is InChI=1S/C32H41N5O/c1-4-25-16-28(19-33-18-25)29-17-31(21-34-20-29)37(24(2)27-8-6-5-7-9-27)23-26-12-14-36(15-13-26)30-10-11-32(38-3)35-22-30/h10-11,16-22,26-27H,2,4-9,12-15,23H2,1,3H3.